The second kappa shape index (κ2) is 24.5. The van der Waals surface area contributed by atoms with Crippen LogP contribution in [0.3, 0.4) is 0 Å². The first-order chi connectivity index (χ1) is 19.6. The van der Waals surface area contributed by atoms with Crippen LogP contribution in [-0.2, 0) is 19.1 Å². The Labute approximate surface area is 243 Å². The van der Waals surface area contributed by atoms with Gasteiger partial charge in [-0.2, -0.15) is 0 Å². The number of aliphatic hydroxyl groups excluding tert-OH is 4. The molecule has 0 unspecified atom stereocenters. The van der Waals surface area contributed by atoms with Gasteiger partial charge in [0.25, 0.3) is 0 Å². The number of ether oxygens (including phenoxy) is 2. The van der Waals surface area contributed by atoms with Crippen LogP contribution in [0.2, 0.25) is 0 Å². The first-order valence-electron chi connectivity index (χ1n) is 13.9. The summed E-state index contributed by atoms with van der Waals surface area (Å²) >= 11 is 0. The van der Waals surface area contributed by atoms with E-state index in [2.05, 4.69) is 55.5 Å². The molecule has 0 rings (SSSR count). The van der Waals surface area contributed by atoms with Crippen LogP contribution in [0.25, 0.3) is 0 Å². The van der Waals surface area contributed by atoms with Crippen molar-refractivity contribution >= 4 is 17.9 Å². The molecule has 11 nitrogen and oxygen atoms in total. The zero-order chi connectivity index (χ0) is 30.9. The highest BCUT2D eigenvalue weighted by molar-refractivity contribution is 5.80. The molecule has 0 heterocycles. The number of esters is 2. The van der Waals surface area contributed by atoms with Crippen LogP contribution < -0.4 is 5.73 Å². The molecule has 41 heavy (non-hydrogen) atoms. The van der Waals surface area contributed by atoms with E-state index < -0.39 is 49.6 Å². The van der Waals surface area contributed by atoms with Gasteiger partial charge in [-0.3, -0.25) is 15.0 Å². The lowest BCUT2D eigenvalue weighted by Crippen LogP contribution is -2.48. The van der Waals surface area contributed by atoms with Crippen molar-refractivity contribution in [2.75, 3.05) is 26.8 Å². The van der Waals surface area contributed by atoms with E-state index >= 15 is 0 Å². The molecular weight excluding hydrogens is 530 g/mol. The molecular formula is C30H49N3O8. The minimum atomic E-state index is -1.86. The molecule has 7 N–H and O–H groups in total. The maximum atomic E-state index is 11.9. The SMILES string of the molecule is CC/C=C\C/C=C\C/C=C\C/C=C\C/C=C\CCCC(=O)OC[C@@H](O)[C@@H](O)[C@H](O)[C@H](O)COC(=O)CN(C)C(=N)N. The minimum absolute atomic E-state index is 0.118. The van der Waals surface area contributed by atoms with Crippen LogP contribution in [0.1, 0.15) is 58.3 Å². The van der Waals surface area contributed by atoms with Crippen molar-refractivity contribution in [3.8, 4) is 0 Å². The summed E-state index contributed by atoms with van der Waals surface area (Å²) in [7, 11) is 1.39. The average molecular weight is 580 g/mol. The number of hydrogen-bond donors (Lipinski definition) is 6. The fourth-order valence-corrected chi connectivity index (χ4v) is 3.14. The predicted octanol–water partition coefficient (Wildman–Crippen LogP) is 2.26. The average Bonchev–Trinajstić information content (AvgIpc) is 2.95. The summed E-state index contributed by atoms with van der Waals surface area (Å²) in [6, 6.07) is 0. The van der Waals surface area contributed by atoms with Crippen molar-refractivity contribution < 1.29 is 39.5 Å². The molecule has 0 aromatic heterocycles. The highest BCUT2D eigenvalue weighted by Crippen LogP contribution is 2.08. The van der Waals surface area contributed by atoms with Crippen LogP contribution in [0.15, 0.2) is 60.8 Å². The first-order valence-corrected chi connectivity index (χ1v) is 13.9. The number of likely N-dealkylation sites (N-methyl/N-ethyl adjacent to an activating group) is 1. The molecule has 0 aliphatic carbocycles. The van der Waals surface area contributed by atoms with Crippen molar-refractivity contribution in [1.82, 2.24) is 4.90 Å². The Hall–Kier alpha value is -3.25. The van der Waals surface area contributed by atoms with Gasteiger partial charge in [-0.05, 0) is 44.9 Å². The molecule has 0 spiro atoms. The zero-order valence-corrected chi connectivity index (χ0v) is 24.3. The molecule has 0 fully saturated rings. The van der Waals surface area contributed by atoms with Crippen molar-refractivity contribution in [3.63, 3.8) is 0 Å². The second-order valence-electron chi connectivity index (χ2n) is 9.32. The van der Waals surface area contributed by atoms with Gasteiger partial charge in [0.15, 0.2) is 5.96 Å². The van der Waals surface area contributed by atoms with Crippen LogP contribution in [0.5, 0.6) is 0 Å². The maximum absolute atomic E-state index is 11.9. The van der Waals surface area contributed by atoms with Crippen LogP contribution in [0, 0.1) is 5.41 Å². The Kier molecular flexibility index (Phi) is 22.6. The highest BCUT2D eigenvalue weighted by Gasteiger charge is 2.32. The number of rotatable bonds is 22. The topological polar surface area (TPSA) is 187 Å². The zero-order valence-electron chi connectivity index (χ0n) is 24.3. The number of aliphatic hydroxyl groups is 4. The van der Waals surface area contributed by atoms with Crippen molar-refractivity contribution in [1.29, 1.82) is 5.41 Å². The number of hydrogen-bond acceptors (Lipinski definition) is 9. The standard InChI is InChI=1S/C30H49N3O8/c1-3-4-5-6-7-8-9-10-11-12-13-14-15-16-17-18-19-20-26(36)40-22-24(34)28(38)29(39)25(35)23-41-27(37)21-33(2)30(31)32/h4-5,7-8,10-11,13-14,16-17,24-25,28-29,34-35,38-39H,3,6,9,12,15,18-23H2,1-2H3,(H3,31,32)/b5-4-,8-7-,11-10-,14-13-,17-16-/t24-,25-,28-,29-/m1/s1. The summed E-state index contributed by atoms with van der Waals surface area (Å²) in [5.74, 6) is -1.74. The third-order valence-electron chi connectivity index (χ3n) is 5.66. The summed E-state index contributed by atoms with van der Waals surface area (Å²) in [6.45, 7) is 0.538. The van der Waals surface area contributed by atoms with Gasteiger partial charge < -0.3 is 40.5 Å². The highest BCUT2D eigenvalue weighted by atomic mass is 16.6. The Morgan fingerprint density at radius 3 is 1.61 bits per heavy atom. The number of allylic oxidation sites excluding steroid dienone is 10. The summed E-state index contributed by atoms with van der Waals surface area (Å²) in [6.07, 6.45) is 20.0. The maximum Gasteiger partial charge on any atom is 0.325 e. The lowest BCUT2D eigenvalue weighted by molar-refractivity contribution is -0.162. The van der Waals surface area contributed by atoms with Gasteiger partial charge in [-0.1, -0.05) is 67.7 Å². The van der Waals surface area contributed by atoms with Crippen molar-refractivity contribution in [3.05, 3.63) is 60.8 Å². The summed E-state index contributed by atoms with van der Waals surface area (Å²) in [5.41, 5.74) is 5.21. The third-order valence-corrected chi connectivity index (χ3v) is 5.66. The smallest absolute Gasteiger partial charge is 0.325 e. The number of unbranched alkanes of at least 4 members (excludes halogenated alkanes) is 1. The van der Waals surface area contributed by atoms with E-state index in [-0.39, 0.29) is 18.9 Å². The fourth-order valence-electron chi connectivity index (χ4n) is 3.14. The van der Waals surface area contributed by atoms with Gasteiger partial charge in [0.2, 0.25) is 0 Å². The van der Waals surface area contributed by atoms with Gasteiger partial charge in [-0.15, -0.1) is 0 Å². The number of carbonyl (C=O) groups is 2. The molecule has 0 amide bonds. The van der Waals surface area contributed by atoms with Crippen molar-refractivity contribution in [2.24, 2.45) is 5.73 Å². The molecule has 4 atom stereocenters. The monoisotopic (exact) mass is 579 g/mol. The number of nitrogens with two attached hydrogens (primary N) is 1. The fraction of sp³-hybridized carbons (Fsp3) is 0.567. The Balaban J connectivity index is 4.01. The van der Waals surface area contributed by atoms with E-state index in [1.807, 2.05) is 12.2 Å². The summed E-state index contributed by atoms with van der Waals surface area (Å²) in [5, 5.41) is 47.1. The van der Waals surface area contributed by atoms with Gasteiger partial charge in [0, 0.05) is 13.5 Å². The molecule has 11 heteroatoms. The largest absolute Gasteiger partial charge is 0.463 e. The molecule has 0 aromatic rings. The minimum Gasteiger partial charge on any atom is -0.463 e. The summed E-state index contributed by atoms with van der Waals surface area (Å²) in [4.78, 5) is 24.6. The molecule has 0 bridgehead atoms. The number of guanidine groups is 1. The van der Waals surface area contributed by atoms with E-state index in [0.717, 1.165) is 37.0 Å². The molecule has 0 radical (unpaired) electrons. The molecule has 0 saturated heterocycles. The van der Waals surface area contributed by atoms with Gasteiger partial charge in [0.1, 0.15) is 44.2 Å². The second-order valence-corrected chi connectivity index (χ2v) is 9.32. The lowest BCUT2D eigenvalue weighted by atomic mass is 10.0. The molecule has 0 aliphatic rings. The normalized spacial score (nSPS) is 15.2. The number of nitrogens with zero attached hydrogens (tertiary/aromatic N) is 1. The first kappa shape index (κ1) is 37.8. The van der Waals surface area contributed by atoms with Gasteiger partial charge >= 0.3 is 11.9 Å². The molecule has 0 aromatic carbocycles. The van der Waals surface area contributed by atoms with Gasteiger partial charge in [-0.25, -0.2) is 0 Å². The Morgan fingerprint density at radius 1 is 0.756 bits per heavy atom. The van der Waals surface area contributed by atoms with Crippen molar-refractivity contribution in [2.45, 2.75) is 82.7 Å². The van der Waals surface area contributed by atoms with E-state index in [1.165, 1.54) is 7.05 Å². The van der Waals surface area contributed by atoms with E-state index in [1.54, 1.807) is 0 Å². The quantitative estimate of drug-likeness (QED) is 0.0365. The van der Waals surface area contributed by atoms with Gasteiger partial charge in [0.05, 0.1) is 0 Å². The molecule has 232 valence electrons. The third kappa shape index (κ3) is 21.2. The summed E-state index contributed by atoms with van der Waals surface area (Å²) < 4.78 is 9.70. The van der Waals surface area contributed by atoms with E-state index in [9.17, 15) is 30.0 Å². The van der Waals surface area contributed by atoms with E-state index in [4.69, 9.17) is 20.6 Å². The number of nitrogens with one attached hydrogen (secondary N) is 1. The number of carbonyl (C=O) groups excluding carboxylic acids is 2. The Bertz CT molecular complexity index is 885. The lowest BCUT2D eigenvalue weighted by Gasteiger charge is -2.26. The molecule has 0 aliphatic heterocycles. The Morgan fingerprint density at radius 2 is 1.17 bits per heavy atom. The van der Waals surface area contributed by atoms with Crippen LogP contribution >= 0.6 is 0 Å². The predicted molar refractivity (Wildman–Crippen MR) is 159 cm³/mol. The molecule has 0 saturated carbocycles. The van der Waals surface area contributed by atoms with Crippen LogP contribution in [-0.4, -0.2) is 94.4 Å². The van der Waals surface area contributed by atoms with Crippen LogP contribution in [0.4, 0.5) is 0 Å². The van der Waals surface area contributed by atoms with E-state index in [0.29, 0.717) is 12.8 Å².